The van der Waals surface area contributed by atoms with Crippen molar-refractivity contribution in [3.05, 3.63) is 39.3 Å². The molecule has 11 heteroatoms. The van der Waals surface area contributed by atoms with Crippen LogP contribution in [0, 0.1) is 6.92 Å². The molecule has 0 spiro atoms. The number of nitrogens with zero attached hydrogens (tertiary/aromatic N) is 2. The van der Waals surface area contributed by atoms with E-state index in [-0.39, 0.29) is 22.0 Å². The maximum atomic E-state index is 12.2. The number of halogens is 1. The third kappa shape index (κ3) is 5.73. The summed E-state index contributed by atoms with van der Waals surface area (Å²) in [7, 11) is -1.02. The van der Waals surface area contributed by atoms with Crippen molar-refractivity contribution < 1.29 is 22.7 Å². The Bertz CT molecular complexity index is 957. The molecule has 0 bridgehead atoms. The molecule has 1 aromatic heterocycles. The van der Waals surface area contributed by atoms with E-state index in [2.05, 4.69) is 10.3 Å². The molecule has 0 saturated carbocycles. The van der Waals surface area contributed by atoms with E-state index in [4.69, 9.17) is 16.3 Å². The van der Waals surface area contributed by atoms with Gasteiger partial charge in [0.1, 0.15) is 4.90 Å². The first kappa shape index (κ1) is 21.3. The molecule has 0 aliphatic heterocycles. The molecule has 8 nitrogen and oxygen atoms in total. The summed E-state index contributed by atoms with van der Waals surface area (Å²) in [6, 6.07) is 4.06. The summed E-state index contributed by atoms with van der Waals surface area (Å²) in [6.07, 6.45) is -0.0240. The molecule has 0 fully saturated rings. The second-order valence-corrected chi connectivity index (χ2v) is 9.27. The zero-order valence-electron chi connectivity index (χ0n) is 14.9. The fourth-order valence-electron chi connectivity index (χ4n) is 2.01. The van der Waals surface area contributed by atoms with Crippen molar-refractivity contribution in [1.29, 1.82) is 0 Å². The van der Waals surface area contributed by atoms with Crippen LogP contribution < -0.4 is 5.32 Å². The highest BCUT2D eigenvalue weighted by molar-refractivity contribution is 7.89. The van der Waals surface area contributed by atoms with E-state index in [1.807, 2.05) is 6.92 Å². The van der Waals surface area contributed by atoms with Crippen LogP contribution in [0.4, 0.5) is 5.69 Å². The number of anilines is 1. The van der Waals surface area contributed by atoms with Gasteiger partial charge in [0, 0.05) is 25.2 Å². The first-order chi connectivity index (χ1) is 12.6. The maximum absolute atomic E-state index is 12.2. The molecule has 1 heterocycles. The number of carbonyl (C=O) groups excluding carboxylic acids is 2. The highest BCUT2D eigenvalue weighted by Crippen LogP contribution is 2.26. The first-order valence-corrected chi connectivity index (χ1v) is 10.4. The lowest BCUT2D eigenvalue weighted by Crippen LogP contribution is -2.24. The Balaban J connectivity index is 1.96. The minimum Gasteiger partial charge on any atom is -0.455 e. The number of benzene rings is 1. The van der Waals surface area contributed by atoms with Crippen LogP contribution in [0.15, 0.2) is 28.5 Å². The van der Waals surface area contributed by atoms with E-state index >= 15 is 0 Å². The minimum atomic E-state index is -3.77. The second-order valence-electron chi connectivity index (χ2n) is 5.68. The van der Waals surface area contributed by atoms with Crippen molar-refractivity contribution >= 4 is 50.5 Å². The second kappa shape index (κ2) is 8.79. The van der Waals surface area contributed by atoms with Crippen LogP contribution in [0.2, 0.25) is 5.02 Å². The monoisotopic (exact) mass is 431 g/mol. The number of hydrogen-bond acceptors (Lipinski definition) is 7. The van der Waals surface area contributed by atoms with Crippen molar-refractivity contribution in [2.24, 2.45) is 0 Å². The van der Waals surface area contributed by atoms with Gasteiger partial charge in [-0.05, 0) is 25.1 Å². The molecule has 1 amide bonds. The number of rotatable bonds is 7. The molecule has 0 aliphatic carbocycles. The molecular weight excluding hydrogens is 414 g/mol. The lowest BCUT2D eigenvalue weighted by atomic mass is 10.3. The fraction of sp³-hybridized carbons (Fsp3) is 0.312. The molecule has 0 radical (unpaired) electrons. The molecule has 2 rings (SSSR count). The van der Waals surface area contributed by atoms with E-state index in [1.165, 1.54) is 43.6 Å². The molecule has 27 heavy (non-hydrogen) atoms. The van der Waals surface area contributed by atoms with Crippen molar-refractivity contribution in [2.75, 3.05) is 26.0 Å². The third-order valence-corrected chi connectivity index (χ3v) is 6.45. The van der Waals surface area contributed by atoms with E-state index in [1.54, 1.807) is 5.38 Å². The van der Waals surface area contributed by atoms with Crippen LogP contribution in [0.1, 0.15) is 10.7 Å². The molecular formula is C16H18ClN3O5S2. The first-order valence-electron chi connectivity index (χ1n) is 7.68. The predicted octanol–water partition coefficient (Wildman–Crippen LogP) is 2.08. The van der Waals surface area contributed by atoms with Gasteiger partial charge < -0.3 is 10.1 Å². The Hall–Kier alpha value is -2.01. The Morgan fingerprint density at radius 2 is 2.04 bits per heavy atom. The van der Waals surface area contributed by atoms with Crippen molar-refractivity contribution in [2.45, 2.75) is 18.2 Å². The lowest BCUT2D eigenvalue weighted by Gasteiger charge is -2.14. The van der Waals surface area contributed by atoms with Gasteiger partial charge in [0.05, 0.1) is 22.1 Å². The highest BCUT2D eigenvalue weighted by atomic mass is 35.5. The van der Waals surface area contributed by atoms with Gasteiger partial charge >= 0.3 is 5.97 Å². The molecule has 0 aliphatic rings. The summed E-state index contributed by atoms with van der Waals surface area (Å²) in [5, 5.41) is 5.09. The van der Waals surface area contributed by atoms with Crippen LogP contribution in [0.25, 0.3) is 0 Å². The summed E-state index contributed by atoms with van der Waals surface area (Å²) in [4.78, 5) is 27.7. The Labute approximate surface area is 166 Å². The summed E-state index contributed by atoms with van der Waals surface area (Å²) in [5.41, 5.74) is 0.801. The maximum Gasteiger partial charge on any atom is 0.312 e. The number of carbonyl (C=O) groups is 2. The number of sulfonamides is 1. The molecule has 1 N–H and O–H groups in total. The van der Waals surface area contributed by atoms with Gasteiger partial charge in [0.15, 0.2) is 6.61 Å². The van der Waals surface area contributed by atoms with Gasteiger partial charge in [0.25, 0.3) is 5.91 Å². The molecule has 146 valence electrons. The number of amides is 1. The van der Waals surface area contributed by atoms with Gasteiger partial charge in [-0.25, -0.2) is 17.7 Å². The van der Waals surface area contributed by atoms with Gasteiger partial charge in [-0.15, -0.1) is 11.3 Å². The van der Waals surface area contributed by atoms with Crippen molar-refractivity contribution in [1.82, 2.24) is 9.29 Å². The molecule has 2 aromatic rings. The zero-order valence-corrected chi connectivity index (χ0v) is 17.2. The SMILES string of the molecule is Cc1nc(CC(=O)OCC(=O)Nc2ccc(Cl)c(S(=O)(=O)N(C)C)c2)cs1. The highest BCUT2D eigenvalue weighted by Gasteiger charge is 2.21. The molecule has 0 unspecified atom stereocenters. The van der Waals surface area contributed by atoms with E-state index in [0.717, 1.165) is 9.31 Å². The van der Waals surface area contributed by atoms with Gasteiger partial charge in [0.2, 0.25) is 10.0 Å². The average molecular weight is 432 g/mol. The molecule has 1 aromatic carbocycles. The Kier molecular flexibility index (Phi) is 6.93. The van der Waals surface area contributed by atoms with Gasteiger partial charge in [-0.3, -0.25) is 9.59 Å². The summed E-state index contributed by atoms with van der Waals surface area (Å²) < 4.78 is 30.4. The third-order valence-electron chi connectivity index (χ3n) is 3.33. The quantitative estimate of drug-likeness (QED) is 0.673. The zero-order chi connectivity index (χ0) is 20.2. The summed E-state index contributed by atoms with van der Waals surface area (Å²) in [5.74, 6) is -1.18. The minimum absolute atomic E-state index is 0.0240. The van der Waals surface area contributed by atoms with Crippen LogP contribution in [-0.4, -0.2) is 50.3 Å². The van der Waals surface area contributed by atoms with E-state index < -0.39 is 28.5 Å². The van der Waals surface area contributed by atoms with Crippen LogP contribution >= 0.6 is 22.9 Å². The molecule has 0 saturated heterocycles. The van der Waals surface area contributed by atoms with Crippen LogP contribution in [-0.2, 0) is 30.8 Å². The number of esters is 1. The van der Waals surface area contributed by atoms with E-state index in [9.17, 15) is 18.0 Å². The normalized spacial score (nSPS) is 11.4. The topological polar surface area (TPSA) is 106 Å². The lowest BCUT2D eigenvalue weighted by molar-refractivity contribution is -0.146. The van der Waals surface area contributed by atoms with Crippen LogP contribution in [0.5, 0.6) is 0 Å². The number of thiazole rings is 1. The number of aryl methyl sites for hydroxylation is 1. The number of hydrogen-bond donors (Lipinski definition) is 1. The number of aromatic nitrogens is 1. The van der Waals surface area contributed by atoms with Crippen LogP contribution in [0.3, 0.4) is 0 Å². The number of nitrogens with one attached hydrogen (secondary N) is 1. The Morgan fingerprint density at radius 3 is 2.63 bits per heavy atom. The summed E-state index contributed by atoms with van der Waals surface area (Å²) in [6.45, 7) is 1.32. The average Bonchev–Trinajstić information content (AvgIpc) is 2.99. The largest absolute Gasteiger partial charge is 0.455 e. The predicted molar refractivity (Wildman–Crippen MR) is 102 cm³/mol. The fourth-order valence-corrected chi connectivity index (χ4v) is 4.01. The Morgan fingerprint density at radius 1 is 1.33 bits per heavy atom. The summed E-state index contributed by atoms with van der Waals surface area (Å²) >= 11 is 7.37. The smallest absolute Gasteiger partial charge is 0.312 e. The van der Waals surface area contributed by atoms with E-state index in [0.29, 0.717) is 5.69 Å². The van der Waals surface area contributed by atoms with Crippen molar-refractivity contribution in [3.8, 4) is 0 Å². The molecule has 0 atom stereocenters. The number of ether oxygens (including phenoxy) is 1. The standard InChI is InChI=1S/C16H18ClN3O5S2/c1-10-18-12(9-26-10)7-16(22)25-8-15(21)19-11-4-5-13(17)14(6-11)27(23,24)20(2)3/h4-6,9H,7-8H2,1-3H3,(H,19,21). The van der Waals surface area contributed by atoms with Crippen molar-refractivity contribution in [3.63, 3.8) is 0 Å². The van der Waals surface area contributed by atoms with Gasteiger partial charge in [-0.1, -0.05) is 11.6 Å². The van der Waals surface area contributed by atoms with Gasteiger partial charge in [-0.2, -0.15) is 0 Å².